The third kappa shape index (κ3) is 2.73. The molecule has 0 saturated carbocycles. The summed E-state index contributed by atoms with van der Waals surface area (Å²) in [5, 5.41) is 18.1. The highest BCUT2D eigenvalue weighted by molar-refractivity contribution is 5.33. The van der Waals surface area contributed by atoms with E-state index in [1.54, 1.807) is 36.5 Å². The van der Waals surface area contributed by atoms with E-state index in [-0.39, 0.29) is 12.4 Å². The van der Waals surface area contributed by atoms with E-state index in [0.29, 0.717) is 11.4 Å². The van der Waals surface area contributed by atoms with Crippen molar-refractivity contribution >= 4 is 0 Å². The first-order valence-corrected chi connectivity index (χ1v) is 5.05. The summed E-state index contributed by atoms with van der Waals surface area (Å²) in [7, 11) is 0. The molecule has 0 bridgehead atoms. The van der Waals surface area contributed by atoms with E-state index in [9.17, 15) is 5.11 Å². The van der Waals surface area contributed by atoms with Gasteiger partial charge in [-0.15, -0.1) is 0 Å². The molecule has 0 fully saturated rings. The lowest BCUT2D eigenvalue weighted by molar-refractivity contribution is 0.303. The second-order valence-corrected chi connectivity index (χ2v) is 3.41. The monoisotopic (exact) mass is 226 g/mol. The molecule has 0 unspecified atom stereocenters. The molecular weight excluding hydrogens is 216 g/mol. The number of hydrogen-bond donors (Lipinski definition) is 1. The van der Waals surface area contributed by atoms with Crippen molar-refractivity contribution in [2.75, 3.05) is 0 Å². The number of benzene rings is 1. The summed E-state index contributed by atoms with van der Waals surface area (Å²) < 4.78 is 5.46. The first kappa shape index (κ1) is 11.0. The Labute approximate surface area is 98.7 Å². The molecule has 0 atom stereocenters. The average molecular weight is 226 g/mol. The van der Waals surface area contributed by atoms with Crippen LogP contribution in [0.25, 0.3) is 0 Å². The predicted molar refractivity (Wildman–Crippen MR) is 61.4 cm³/mol. The molecule has 84 valence electrons. The Kier molecular flexibility index (Phi) is 3.22. The van der Waals surface area contributed by atoms with Gasteiger partial charge in [0.1, 0.15) is 29.9 Å². The van der Waals surface area contributed by atoms with Crippen molar-refractivity contribution in [1.29, 1.82) is 5.26 Å². The molecule has 0 saturated heterocycles. The lowest BCUT2D eigenvalue weighted by atomic mass is 10.2. The van der Waals surface area contributed by atoms with Crippen LogP contribution in [-0.4, -0.2) is 10.1 Å². The zero-order valence-electron chi connectivity index (χ0n) is 9.00. The summed E-state index contributed by atoms with van der Waals surface area (Å²) in [4.78, 5) is 3.94. The number of ether oxygens (including phenoxy) is 1. The van der Waals surface area contributed by atoms with E-state index in [2.05, 4.69) is 4.98 Å². The SMILES string of the molecule is N#Cc1ncccc1COc1cccc(O)c1. The third-order valence-electron chi connectivity index (χ3n) is 2.21. The first-order valence-electron chi connectivity index (χ1n) is 5.05. The van der Waals surface area contributed by atoms with Crippen molar-refractivity contribution in [2.45, 2.75) is 6.61 Å². The summed E-state index contributed by atoms with van der Waals surface area (Å²) in [6.45, 7) is 0.250. The Bertz CT molecular complexity index is 561. The maximum atomic E-state index is 9.27. The topological polar surface area (TPSA) is 66.1 Å². The molecule has 2 aromatic rings. The van der Waals surface area contributed by atoms with Crippen LogP contribution in [0.2, 0.25) is 0 Å². The van der Waals surface area contributed by atoms with Crippen LogP contribution in [0.5, 0.6) is 11.5 Å². The molecule has 1 heterocycles. The smallest absolute Gasteiger partial charge is 0.147 e. The van der Waals surface area contributed by atoms with E-state index in [0.717, 1.165) is 5.56 Å². The molecule has 0 amide bonds. The number of nitriles is 1. The fourth-order valence-corrected chi connectivity index (χ4v) is 1.39. The van der Waals surface area contributed by atoms with Gasteiger partial charge in [-0.25, -0.2) is 4.98 Å². The van der Waals surface area contributed by atoms with Crippen LogP contribution in [0.4, 0.5) is 0 Å². The quantitative estimate of drug-likeness (QED) is 0.871. The highest BCUT2D eigenvalue weighted by Crippen LogP contribution is 2.19. The zero-order valence-corrected chi connectivity index (χ0v) is 9.00. The van der Waals surface area contributed by atoms with Crippen molar-refractivity contribution in [1.82, 2.24) is 4.98 Å². The molecule has 1 aromatic heterocycles. The largest absolute Gasteiger partial charge is 0.508 e. The zero-order chi connectivity index (χ0) is 12.1. The molecule has 0 aliphatic rings. The Hall–Kier alpha value is -2.54. The molecule has 0 aliphatic carbocycles. The minimum atomic E-state index is 0.147. The van der Waals surface area contributed by atoms with Crippen molar-refractivity contribution in [3.63, 3.8) is 0 Å². The predicted octanol–water partition coefficient (Wildman–Crippen LogP) is 2.24. The minimum absolute atomic E-state index is 0.147. The van der Waals surface area contributed by atoms with Gasteiger partial charge in [0, 0.05) is 17.8 Å². The average Bonchev–Trinajstić information content (AvgIpc) is 2.37. The Balaban J connectivity index is 2.10. The van der Waals surface area contributed by atoms with Crippen molar-refractivity contribution in [2.24, 2.45) is 0 Å². The molecule has 1 aromatic carbocycles. The molecule has 4 nitrogen and oxygen atoms in total. The van der Waals surface area contributed by atoms with Crippen molar-refractivity contribution in [3.05, 3.63) is 53.9 Å². The second-order valence-electron chi connectivity index (χ2n) is 3.41. The number of aromatic nitrogens is 1. The van der Waals surface area contributed by atoms with Gasteiger partial charge in [-0.2, -0.15) is 5.26 Å². The molecule has 1 N–H and O–H groups in total. The van der Waals surface area contributed by atoms with Crippen LogP contribution < -0.4 is 4.74 Å². The molecule has 0 aliphatic heterocycles. The number of pyridine rings is 1. The highest BCUT2D eigenvalue weighted by Gasteiger charge is 2.03. The number of phenols is 1. The van der Waals surface area contributed by atoms with Gasteiger partial charge in [-0.3, -0.25) is 0 Å². The maximum absolute atomic E-state index is 9.27. The number of rotatable bonds is 3. The van der Waals surface area contributed by atoms with Crippen LogP contribution >= 0.6 is 0 Å². The molecule has 4 heteroatoms. The van der Waals surface area contributed by atoms with Gasteiger partial charge in [-0.05, 0) is 18.2 Å². The van der Waals surface area contributed by atoms with E-state index >= 15 is 0 Å². The molecular formula is C13H10N2O2. The van der Waals surface area contributed by atoms with Gasteiger partial charge in [0.2, 0.25) is 0 Å². The normalized spacial score (nSPS) is 9.59. The van der Waals surface area contributed by atoms with Crippen LogP contribution in [0, 0.1) is 11.3 Å². The summed E-state index contributed by atoms with van der Waals surface area (Å²) >= 11 is 0. The lowest BCUT2D eigenvalue weighted by Crippen LogP contribution is -1.99. The van der Waals surface area contributed by atoms with Gasteiger partial charge < -0.3 is 9.84 Å². The van der Waals surface area contributed by atoms with Crippen molar-refractivity contribution in [3.8, 4) is 17.6 Å². The highest BCUT2D eigenvalue weighted by atomic mass is 16.5. The van der Waals surface area contributed by atoms with E-state index in [4.69, 9.17) is 10.00 Å². The van der Waals surface area contributed by atoms with Crippen LogP contribution in [-0.2, 0) is 6.61 Å². The van der Waals surface area contributed by atoms with Gasteiger partial charge >= 0.3 is 0 Å². The van der Waals surface area contributed by atoms with Crippen LogP contribution in [0.15, 0.2) is 42.6 Å². The van der Waals surface area contributed by atoms with Crippen LogP contribution in [0.3, 0.4) is 0 Å². The Morgan fingerprint density at radius 2 is 2.18 bits per heavy atom. The van der Waals surface area contributed by atoms with E-state index in [1.807, 2.05) is 6.07 Å². The fourth-order valence-electron chi connectivity index (χ4n) is 1.39. The van der Waals surface area contributed by atoms with Gasteiger partial charge in [0.05, 0.1) is 0 Å². The third-order valence-corrected chi connectivity index (χ3v) is 2.21. The number of aromatic hydroxyl groups is 1. The fraction of sp³-hybridized carbons (Fsp3) is 0.0769. The van der Waals surface area contributed by atoms with E-state index in [1.165, 1.54) is 6.07 Å². The van der Waals surface area contributed by atoms with Gasteiger partial charge in [-0.1, -0.05) is 12.1 Å². The second kappa shape index (κ2) is 4.99. The minimum Gasteiger partial charge on any atom is -0.508 e. The number of nitrogens with zero attached hydrogens (tertiary/aromatic N) is 2. The molecule has 17 heavy (non-hydrogen) atoms. The maximum Gasteiger partial charge on any atom is 0.147 e. The van der Waals surface area contributed by atoms with E-state index < -0.39 is 0 Å². The summed E-state index contributed by atoms with van der Waals surface area (Å²) in [6, 6.07) is 12.1. The van der Waals surface area contributed by atoms with Gasteiger partial charge in [0.15, 0.2) is 0 Å². The molecule has 0 radical (unpaired) electrons. The Morgan fingerprint density at radius 1 is 1.29 bits per heavy atom. The van der Waals surface area contributed by atoms with Crippen LogP contribution in [0.1, 0.15) is 11.3 Å². The Morgan fingerprint density at radius 3 is 2.94 bits per heavy atom. The molecule has 2 rings (SSSR count). The van der Waals surface area contributed by atoms with Gasteiger partial charge in [0.25, 0.3) is 0 Å². The standard InChI is InChI=1S/C13H10N2O2/c14-8-13-10(3-2-6-15-13)9-17-12-5-1-4-11(16)7-12/h1-7,16H,9H2. The molecule has 0 spiro atoms. The lowest BCUT2D eigenvalue weighted by Gasteiger charge is -2.07. The van der Waals surface area contributed by atoms with Crippen molar-refractivity contribution < 1.29 is 9.84 Å². The first-order chi connectivity index (χ1) is 8.29. The number of hydrogen-bond acceptors (Lipinski definition) is 4. The summed E-state index contributed by atoms with van der Waals surface area (Å²) in [5.74, 6) is 0.701. The number of phenolic OH excluding ortho intramolecular Hbond substituents is 1. The summed E-state index contributed by atoms with van der Waals surface area (Å²) in [5.41, 5.74) is 1.07. The summed E-state index contributed by atoms with van der Waals surface area (Å²) in [6.07, 6.45) is 1.57.